The second kappa shape index (κ2) is 7.10. The van der Waals surface area contributed by atoms with Crippen molar-refractivity contribution in [3.05, 3.63) is 54.3 Å². The number of carbonyl (C=O) groups is 1. The van der Waals surface area contributed by atoms with Crippen LogP contribution in [0.3, 0.4) is 0 Å². The molecule has 0 atom stereocenters. The van der Waals surface area contributed by atoms with Crippen molar-refractivity contribution < 1.29 is 26.5 Å². The lowest BCUT2D eigenvalue weighted by Crippen LogP contribution is -2.14. The molecule has 0 bridgehead atoms. The van der Waals surface area contributed by atoms with E-state index < -0.39 is 22.0 Å². The second-order valence-electron chi connectivity index (χ2n) is 4.36. The largest absolute Gasteiger partial charge is 0.450 e. The Labute approximate surface area is 133 Å². The number of hydrogen-bond donors (Lipinski definition) is 1. The second-order valence-corrected chi connectivity index (χ2v) is 5.91. The maximum atomic E-state index is 12.9. The van der Waals surface area contributed by atoms with Crippen molar-refractivity contribution in [2.24, 2.45) is 0 Å². The molecule has 0 aromatic heterocycles. The Morgan fingerprint density at radius 1 is 1.17 bits per heavy atom. The van der Waals surface area contributed by atoms with Crippen molar-refractivity contribution in [1.29, 1.82) is 0 Å². The van der Waals surface area contributed by atoms with Gasteiger partial charge >= 0.3 is 16.2 Å². The summed E-state index contributed by atoms with van der Waals surface area (Å²) in [5.74, 6) is -0.548. The lowest BCUT2D eigenvalue weighted by molar-refractivity contribution is 0.168. The molecule has 0 spiro atoms. The van der Waals surface area contributed by atoms with Gasteiger partial charge in [-0.2, -0.15) is 8.42 Å². The summed E-state index contributed by atoms with van der Waals surface area (Å²) in [5.41, 5.74) is 0.315. The van der Waals surface area contributed by atoms with Gasteiger partial charge < -0.3 is 8.92 Å². The molecule has 0 unspecified atom stereocenters. The zero-order chi connectivity index (χ0) is 16.9. The quantitative estimate of drug-likeness (QED) is 0.846. The van der Waals surface area contributed by atoms with Crippen molar-refractivity contribution in [2.75, 3.05) is 11.9 Å². The molecule has 0 aliphatic carbocycles. The van der Waals surface area contributed by atoms with Gasteiger partial charge in [0.25, 0.3) is 0 Å². The van der Waals surface area contributed by atoms with Gasteiger partial charge in [-0.05, 0) is 43.3 Å². The highest BCUT2D eigenvalue weighted by Crippen LogP contribution is 2.22. The summed E-state index contributed by atoms with van der Waals surface area (Å²) in [5, 5.41) is 2.43. The number of ether oxygens (including phenoxy) is 1. The van der Waals surface area contributed by atoms with E-state index in [1.807, 2.05) is 0 Å². The average molecular weight is 339 g/mol. The fraction of sp³-hybridized carbons (Fsp3) is 0.133. The van der Waals surface area contributed by atoms with Gasteiger partial charge in [0.2, 0.25) is 0 Å². The lowest BCUT2D eigenvalue weighted by atomic mass is 10.3. The van der Waals surface area contributed by atoms with Crippen LogP contribution in [0.1, 0.15) is 6.92 Å². The maximum absolute atomic E-state index is 12.9. The lowest BCUT2D eigenvalue weighted by Gasteiger charge is -2.09. The average Bonchev–Trinajstić information content (AvgIpc) is 2.47. The molecule has 0 heterocycles. The number of rotatable bonds is 5. The predicted octanol–water partition coefficient (Wildman–Crippen LogP) is 3.16. The molecule has 0 aliphatic rings. The fourth-order valence-corrected chi connectivity index (χ4v) is 2.61. The van der Waals surface area contributed by atoms with E-state index in [0.29, 0.717) is 5.69 Å². The molecule has 1 N–H and O–H groups in total. The first-order chi connectivity index (χ1) is 10.9. The first-order valence-electron chi connectivity index (χ1n) is 6.64. The number of anilines is 1. The van der Waals surface area contributed by atoms with Crippen molar-refractivity contribution in [3.8, 4) is 5.75 Å². The Morgan fingerprint density at radius 3 is 2.52 bits per heavy atom. The molecule has 2 aromatic rings. The topological polar surface area (TPSA) is 81.7 Å². The highest BCUT2D eigenvalue weighted by Gasteiger charge is 2.17. The van der Waals surface area contributed by atoms with Gasteiger partial charge in [0.05, 0.1) is 6.61 Å². The van der Waals surface area contributed by atoms with E-state index in [1.165, 1.54) is 18.2 Å². The smallest absolute Gasteiger partial charge is 0.411 e. The summed E-state index contributed by atoms with van der Waals surface area (Å²) >= 11 is 0. The van der Waals surface area contributed by atoms with Gasteiger partial charge in [0, 0.05) is 11.8 Å². The Kier molecular flexibility index (Phi) is 5.17. The van der Waals surface area contributed by atoms with Crippen LogP contribution >= 0.6 is 0 Å². The minimum atomic E-state index is -4.10. The van der Waals surface area contributed by atoms with Crippen LogP contribution < -0.4 is 9.50 Å². The summed E-state index contributed by atoms with van der Waals surface area (Å²) in [4.78, 5) is 11.2. The van der Waals surface area contributed by atoms with Crippen LogP contribution in [0.2, 0.25) is 0 Å². The highest BCUT2D eigenvalue weighted by atomic mass is 32.2. The van der Waals surface area contributed by atoms with Crippen molar-refractivity contribution in [1.82, 2.24) is 0 Å². The third kappa shape index (κ3) is 4.68. The van der Waals surface area contributed by atoms with Crippen molar-refractivity contribution in [2.45, 2.75) is 11.8 Å². The molecule has 2 rings (SSSR count). The number of nitrogens with one attached hydrogen (secondary N) is 1. The predicted molar refractivity (Wildman–Crippen MR) is 81.3 cm³/mol. The van der Waals surface area contributed by atoms with E-state index in [0.717, 1.165) is 24.3 Å². The molecule has 122 valence electrons. The summed E-state index contributed by atoms with van der Waals surface area (Å²) < 4.78 is 46.7. The molecule has 2 aromatic carbocycles. The molecule has 8 heteroatoms. The van der Waals surface area contributed by atoms with Crippen LogP contribution in [0.4, 0.5) is 14.9 Å². The Morgan fingerprint density at radius 2 is 1.87 bits per heavy atom. The molecular weight excluding hydrogens is 325 g/mol. The zero-order valence-electron chi connectivity index (χ0n) is 12.2. The van der Waals surface area contributed by atoms with Crippen LogP contribution in [0, 0.1) is 5.82 Å². The monoisotopic (exact) mass is 339 g/mol. The summed E-state index contributed by atoms with van der Waals surface area (Å²) in [6, 6.07) is 10.1. The SMILES string of the molecule is CCOC(=O)Nc1cccc(OS(=O)(=O)c2ccc(F)cc2)c1. The summed E-state index contributed by atoms with van der Waals surface area (Å²) in [6.07, 6.45) is -0.661. The Balaban J connectivity index is 2.16. The van der Waals surface area contributed by atoms with Gasteiger partial charge in [0.1, 0.15) is 16.5 Å². The van der Waals surface area contributed by atoms with E-state index >= 15 is 0 Å². The Bertz CT molecular complexity index is 790. The molecule has 6 nitrogen and oxygen atoms in total. The van der Waals surface area contributed by atoms with Gasteiger partial charge in [-0.3, -0.25) is 5.32 Å². The van der Waals surface area contributed by atoms with Crippen LogP contribution in [-0.2, 0) is 14.9 Å². The van der Waals surface area contributed by atoms with Crippen LogP contribution in [-0.4, -0.2) is 21.1 Å². The maximum Gasteiger partial charge on any atom is 0.411 e. The highest BCUT2D eigenvalue weighted by molar-refractivity contribution is 7.87. The number of halogens is 1. The molecule has 0 aliphatic heterocycles. The fourth-order valence-electron chi connectivity index (χ4n) is 1.69. The first kappa shape index (κ1) is 16.8. The summed E-state index contributed by atoms with van der Waals surface area (Å²) in [7, 11) is -4.10. The molecule has 23 heavy (non-hydrogen) atoms. The van der Waals surface area contributed by atoms with E-state index in [4.69, 9.17) is 8.92 Å². The van der Waals surface area contributed by atoms with E-state index in [1.54, 1.807) is 13.0 Å². The minimum absolute atomic E-state index is 0.00336. The third-order valence-electron chi connectivity index (χ3n) is 2.66. The van der Waals surface area contributed by atoms with E-state index in [9.17, 15) is 17.6 Å². The summed E-state index contributed by atoms with van der Waals surface area (Å²) in [6.45, 7) is 1.87. The normalized spacial score (nSPS) is 10.9. The van der Waals surface area contributed by atoms with Crippen molar-refractivity contribution >= 4 is 21.9 Å². The van der Waals surface area contributed by atoms with Crippen LogP contribution in [0.15, 0.2) is 53.4 Å². The van der Waals surface area contributed by atoms with Crippen molar-refractivity contribution in [3.63, 3.8) is 0 Å². The molecule has 0 saturated heterocycles. The Hall–Kier alpha value is -2.61. The number of amides is 1. The van der Waals surface area contributed by atoms with Gasteiger partial charge in [0.15, 0.2) is 0 Å². The number of carbonyl (C=O) groups excluding carboxylic acids is 1. The molecule has 1 amide bonds. The van der Waals surface area contributed by atoms with E-state index in [2.05, 4.69) is 5.32 Å². The number of hydrogen-bond acceptors (Lipinski definition) is 5. The molecular formula is C15H14FNO5S. The first-order valence-corrected chi connectivity index (χ1v) is 8.05. The minimum Gasteiger partial charge on any atom is -0.450 e. The van der Waals surface area contributed by atoms with Crippen LogP contribution in [0.5, 0.6) is 5.75 Å². The van der Waals surface area contributed by atoms with Gasteiger partial charge in [-0.25, -0.2) is 9.18 Å². The van der Waals surface area contributed by atoms with Crippen LogP contribution in [0.25, 0.3) is 0 Å². The molecule has 0 fully saturated rings. The third-order valence-corrected chi connectivity index (χ3v) is 3.93. The van der Waals surface area contributed by atoms with Gasteiger partial charge in [-0.1, -0.05) is 6.07 Å². The molecule has 0 saturated carbocycles. The van der Waals surface area contributed by atoms with E-state index in [-0.39, 0.29) is 17.3 Å². The standard InChI is InChI=1S/C15H14FNO5S/c1-2-21-15(18)17-12-4-3-5-13(10-12)22-23(19,20)14-8-6-11(16)7-9-14/h3-10H,2H2,1H3,(H,17,18). The number of benzene rings is 2. The molecule has 0 radical (unpaired) electrons. The van der Waals surface area contributed by atoms with Gasteiger partial charge in [-0.15, -0.1) is 0 Å². The zero-order valence-corrected chi connectivity index (χ0v) is 13.0.